The molecule has 0 spiro atoms. The van der Waals surface area contributed by atoms with Crippen LogP contribution in [-0.2, 0) is 6.18 Å². The van der Waals surface area contributed by atoms with E-state index in [1.807, 2.05) is 6.92 Å². The first kappa shape index (κ1) is 20.2. The first-order chi connectivity index (χ1) is 14.8. The highest BCUT2D eigenvalue weighted by Crippen LogP contribution is 2.41. The van der Waals surface area contributed by atoms with Crippen molar-refractivity contribution in [3.63, 3.8) is 0 Å². The van der Waals surface area contributed by atoms with Crippen LogP contribution in [0.3, 0.4) is 0 Å². The molecule has 0 saturated heterocycles. The van der Waals surface area contributed by atoms with Crippen LogP contribution in [0.2, 0.25) is 0 Å². The highest BCUT2D eigenvalue weighted by Gasteiger charge is 2.38. The van der Waals surface area contributed by atoms with Crippen LogP contribution in [0.25, 0.3) is 22.6 Å². The number of rotatable bonds is 4. The molecule has 156 valence electrons. The van der Waals surface area contributed by atoms with Gasteiger partial charge in [-0.3, -0.25) is 4.79 Å². The molecule has 4 rings (SSSR count). The highest BCUT2D eigenvalue weighted by atomic mass is 19.4. The molecule has 31 heavy (non-hydrogen) atoms. The summed E-state index contributed by atoms with van der Waals surface area (Å²) in [4.78, 5) is 17.1. The largest absolute Gasteiger partial charge is 0.417 e. The molecule has 2 heterocycles. The number of H-pyrrole nitrogens is 1. The number of tetrazole rings is 1. The minimum atomic E-state index is -4.76. The Morgan fingerprint density at radius 3 is 2.35 bits per heavy atom. The summed E-state index contributed by atoms with van der Waals surface area (Å²) in [6.07, 6.45) is -4.76. The maximum atomic E-state index is 14.0. The summed E-state index contributed by atoms with van der Waals surface area (Å²) in [6, 6.07) is 15.9. The van der Waals surface area contributed by atoms with Gasteiger partial charge in [0.05, 0.1) is 16.8 Å². The highest BCUT2D eigenvalue weighted by molar-refractivity contribution is 6.05. The van der Waals surface area contributed by atoms with E-state index in [9.17, 15) is 18.0 Å². The number of aromatic nitrogens is 5. The van der Waals surface area contributed by atoms with E-state index >= 15 is 0 Å². The number of carbonyl (C=O) groups excluding carboxylic acids is 1. The number of aryl methyl sites for hydroxylation is 1. The number of pyridine rings is 1. The van der Waals surface area contributed by atoms with Gasteiger partial charge in [-0.05, 0) is 30.3 Å². The van der Waals surface area contributed by atoms with Gasteiger partial charge in [0.2, 0.25) is 5.82 Å². The SMILES string of the molecule is Cc1ccc(C(=O)Nc2nc(-c3ccccc3)cc(C(F)(F)F)c2-c2nn[nH]n2)cc1. The molecule has 4 aromatic rings. The standard InChI is InChI=1S/C21H15F3N6O/c1-12-7-9-14(10-8-12)20(31)26-18-17(19-27-29-30-28-19)15(21(22,23)24)11-16(25-18)13-5-3-2-4-6-13/h2-11H,1H3,(H,25,26,31)(H,27,28,29,30). The minimum Gasteiger partial charge on any atom is -0.306 e. The molecule has 2 N–H and O–H groups in total. The molecule has 0 aliphatic heterocycles. The van der Waals surface area contributed by atoms with Crippen LogP contribution in [0, 0.1) is 6.92 Å². The Balaban J connectivity index is 1.90. The summed E-state index contributed by atoms with van der Waals surface area (Å²) in [5, 5.41) is 15.3. The van der Waals surface area contributed by atoms with Gasteiger partial charge in [0.15, 0.2) is 0 Å². The van der Waals surface area contributed by atoms with E-state index in [-0.39, 0.29) is 22.9 Å². The maximum Gasteiger partial charge on any atom is 0.417 e. The van der Waals surface area contributed by atoms with Crippen LogP contribution in [0.15, 0.2) is 60.7 Å². The predicted octanol–water partition coefficient (Wildman–Crippen LogP) is 4.51. The van der Waals surface area contributed by atoms with Gasteiger partial charge in [-0.25, -0.2) is 4.98 Å². The summed E-state index contributed by atoms with van der Waals surface area (Å²) in [7, 11) is 0. The van der Waals surface area contributed by atoms with E-state index < -0.39 is 23.2 Å². The van der Waals surface area contributed by atoms with Gasteiger partial charge in [-0.2, -0.15) is 18.4 Å². The van der Waals surface area contributed by atoms with Crippen molar-refractivity contribution in [2.24, 2.45) is 0 Å². The Labute approximate surface area is 174 Å². The molecule has 1 amide bonds. The predicted molar refractivity (Wildman–Crippen MR) is 107 cm³/mol. The number of nitrogens with zero attached hydrogens (tertiary/aromatic N) is 4. The zero-order valence-corrected chi connectivity index (χ0v) is 16.1. The number of hydrogen-bond acceptors (Lipinski definition) is 5. The van der Waals surface area contributed by atoms with Gasteiger partial charge < -0.3 is 5.32 Å². The molecule has 2 aromatic carbocycles. The molecule has 0 aliphatic carbocycles. The van der Waals surface area contributed by atoms with Gasteiger partial charge in [-0.1, -0.05) is 48.0 Å². The fourth-order valence-electron chi connectivity index (χ4n) is 2.99. The van der Waals surface area contributed by atoms with Crippen LogP contribution < -0.4 is 5.32 Å². The van der Waals surface area contributed by atoms with Crippen molar-refractivity contribution in [2.45, 2.75) is 13.1 Å². The second-order valence-electron chi connectivity index (χ2n) is 6.70. The number of alkyl halides is 3. The first-order valence-electron chi connectivity index (χ1n) is 9.12. The summed E-state index contributed by atoms with van der Waals surface area (Å²) in [5.41, 5.74) is 0.193. The third-order valence-corrected chi connectivity index (χ3v) is 4.51. The molecule has 10 heteroatoms. The van der Waals surface area contributed by atoms with Gasteiger partial charge in [-0.15, -0.1) is 10.2 Å². The quantitative estimate of drug-likeness (QED) is 0.503. The smallest absolute Gasteiger partial charge is 0.306 e. The number of hydrogen-bond donors (Lipinski definition) is 2. The molecule has 0 fully saturated rings. The fraction of sp³-hybridized carbons (Fsp3) is 0.0952. The molecule has 0 aliphatic rings. The lowest BCUT2D eigenvalue weighted by atomic mass is 10.0. The van der Waals surface area contributed by atoms with Gasteiger partial charge in [0, 0.05) is 11.1 Å². The van der Waals surface area contributed by atoms with Crippen molar-refractivity contribution in [2.75, 3.05) is 5.32 Å². The fourth-order valence-corrected chi connectivity index (χ4v) is 2.99. The minimum absolute atomic E-state index is 0.0411. The van der Waals surface area contributed by atoms with Crippen molar-refractivity contribution >= 4 is 11.7 Å². The number of halogens is 3. The molecule has 2 aromatic heterocycles. The Morgan fingerprint density at radius 1 is 1.03 bits per heavy atom. The zero-order chi connectivity index (χ0) is 22.0. The molecule has 0 unspecified atom stereocenters. The van der Waals surface area contributed by atoms with Crippen molar-refractivity contribution in [1.82, 2.24) is 25.6 Å². The van der Waals surface area contributed by atoms with Crippen LogP contribution in [0.5, 0.6) is 0 Å². The van der Waals surface area contributed by atoms with Crippen molar-refractivity contribution in [1.29, 1.82) is 0 Å². The summed E-state index contributed by atoms with van der Waals surface area (Å²) < 4.78 is 42.0. The monoisotopic (exact) mass is 424 g/mol. The molecule has 0 radical (unpaired) electrons. The van der Waals surface area contributed by atoms with Crippen LogP contribution in [0.4, 0.5) is 19.0 Å². The van der Waals surface area contributed by atoms with E-state index in [2.05, 4.69) is 30.9 Å². The topological polar surface area (TPSA) is 96.5 Å². The third-order valence-electron chi connectivity index (χ3n) is 4.51. The van der Waals surface area contributed by atoms with Crippen LogP contribution in [-0.4, -0.2) is 31.5 Å². The number of aromatic amines is 1. The van der Waals surface area contributed by atoms with E-state index in [1.165, 1.54) is 0 Å². The van der Waals surface area contributed by atoms with Gasteiger partial charge in [0.25, 0.3) is 5.91 Å². The number of amides is 1. The molecular weight excluding hydrogens is 409 g/mol. The molecule has 0 saturated carbocycles. The summed E-state index contributed by atoms with van der Waals surface area (Å²) in [6.45, 7) is 1.86. The summed E-state index contributed by atoms with van der Waals surface area (Å²) in [5.74, 6) is -1.27. The normalized spacial score (nSPS) is 11.4. The maximum absolute atomic E-state index is 14.0. The number of carbonyl (C=O) groups is 1. The van der Waals surface area contributed by atoms with Crippen molar-refractivity contribution in [3.8, 4) is 22.6 Å². The molecule has 7 nitrogen and oxygen atoms in total. The Bertz CT molecular complexity index is 1210. The lowest BCUT2D eigenvalue weighted by Crippen LogP contribution is -2.17. The van der Waals surface area contributed by atoms with E-state index in [0.717, 1.165) is 11.6 Å². The summed E-state index contributed by atoms with van der Waals surface area (Å²) >= 11 is 0. The average molecular weight is 424 g/mol. The lowest BCUT2D eigenvalue weighted by molar-refractivity contribution is -0.137. The molecule has 0 bridgehead atoms. The number of nitrogens with one attached hydrogen (secondary N) is 2. The Morgan fingerprint density at radius 2 is 1.74 bits per heavy atom. The van der Waals surface area contributed by atoms with Gasteiger partial charge >= 0.3 is 6.18 Å². The Kier molecular flexibility index (Phi) is 5.20. The number of benzene rings is 2. The number of anilines is 1. The average Bonchev–Trinajstić information content (AvgIpc) is 3.28. The molecule has 0 atom stereocenters. The second kappa shape index (κ2) is 7.98. The van der Waals surface area contributed by atoms with E-state index in [1.54, 1.807) is 54.6 Å². The lowest BCUT2D eigenvalue weighted by Gasteiger charge is -2.17. The van der Waals surface area contributed by atoms with E-state index in [4.69, 9.17) is 0 Å². The first-order valence-corrected chi connectivity index (χ1v) is 9.12. The van der Waals surface area contributed by atoms with E-state index in [0.29, 0.717) is 5.56 Å². The second-order valence-corrected chi connectivity index (χ2v) is 6.70. The third kappa shape index (κ3) is 4.27. The Hall–Kier alpha value is -4.08. The van der Waals surface area contributed by atoms with Crippen LogP contribution in [0.1, 0.15) is 21.5 Å². The molecular formula is C21H15F3N6O. The van der Waals surface area contributed by atoms with Crippen molar-refractivity contribution in [3.05, 3.63) is 77.4 Å². The zero-order valence-electron chi connectivity index (χ0n) is 16.1. The van der Waals surface area contributed by atoms with Crippen LogP contribution >= 0.6 is 0 Å². The van der Waals surface area contributed by atoms with Crippen molar-refractivity contribution < 1.29 is 18.0 Å². The van der Waals surface area contributed by atoms with Gasteiger partial charge in [0.1, 0.15) is 5.82 Å².